The summed E-state index contributed by atoms with van der Waals surface area (Å²) in [7, 11) is 0. The highest BCUT2D eigenvalue weighted by Crippen LogP contribution is 2.32. The molecule has 1 atom stereocenters. The number of rotatable bonds is 3. The highest BCUT2D eigenvalue weighted by Gasteiger charge is 2.09. The van der Waals surface area contributed by atoms with E-state index in [2.05, 4.69) is 52.4 Å². The van der Waals surface area contributed by atoms with Crippen molar-refractivity contribution in [1.29, 1.82) is 0 Å². The van der Waals surface area contributed by atoms with Crippen molar-refractivity contribution in [3.63, 3.8) is 0 Å². The molecule has 0 radical (unpaired) electrons. The van der Waals surface area contributed by atoms with Gasteiger partial charge in [-0.25, -0.2) is 0 Å². The Balaban J connectivity index is 1.95. The summed E-state index contributed by atoms with van der Waals surface area (Å²) < 4.78 is 1.10. The van der Waals surface area contributed by atoms with E-state index in [0.717, 1.165) is 15.7 Å². The number of benzene rings is 3. The molecule has 0 fully saturated rings. The van der Waals surface area contributed by atoms with Crippen LogP contribution in [0, 0.1) is 0 Å². The first-order valence-corrected chi connectivity index (χ1v) is 7.67. The maximum absolute atomic E-state index is 9.37. The van der Waals surface area contributed by atoms with Crippen LogP contribution in [0.3, 0.4) is 0 Å². The van der Waals surface area contributed by atoms with Gasteiger partial charge in [0, 0.05) is 21.6 Å². The van der Waals surface area contributed by atoms with E-state index in [4.69, 9.17) is 0 Å². The van der Waals surface area contributed by atoms with Crippen molar-refractivity contribution in [3.05, 3.63) is 70.7 Å². The van der Waals surface area contributed by atoms with E-state index in [-0.39, 0.29) is 6.04 Å². The maximum Gasteiger partial charge on any atom is 0.115 e. The Morgan fingerprint density at radius 3 is 2.29 bits per heavy atom. The Morgan fingerprint density at radius 1 is 0.905 bits per heavy atom. The third kappa shape index (κ3) is 2.88. The van der Waals surface area contributed by atoms with Gasteiger partial charge < -0.3 is 10.4 Å². The average Bonchev–Trinajstić information content (AvgIpc) is 2.51. The molecule has 3 aromatic rings. The zero-order valence-electron chi connectivity index (χ0n) is 11.7. The Kier molecular flexibility index (Phi) is 3.84. The molecule has 106 valence electrons. The lowest BCUT2D eigenvalue weighted by atomic mass is 10.1. The molecule has 2 nitrogen and oxygen atoms in total. The van der Waals surface area contributed by atoms with Crippen LogP contribution in [0.1, 0.15) is 18.5 Å². The van der Waals surface area contributed by atoms with Gasteiger partial charge in [-0.2, -0.15) is 0 Å². The number of hydrogen-bond acceptors (Lipinski definition) is 2. The minimum atomic E-state index is 0.162. The molecule has 0 amide bonds. The van der Waals surface area contributed by atoms with Crippen LogP contribution in [-0.4, -0.2) is 5.11 Å². The molecule has 3 heteroatoms. The molecule has 0 aliphatic rings. The predicted octanol–water partition coefficient (Wildman–Crippen LogP) is 5.48. The largest absolute Gasteiger partial charge is 0.508 e. The predicted molar refractivity (Wildman–Crippen MR) is 91.8 cm³/mol. The summed E-state index contributed by atoms with van der Waals surface area (Å²) in [4.78, 5) is 0. The monoisotopic (exact) mass is 341 g/mol. The van der Waals surface area contributed by atoms with E-state index < -0.39 is 0 Å². The standard InChI is InChI=1S/C18H16BrNO/c1-12(13-6-8-14(21)9-7-13)20-18-11-10-17(19)15-4-2-3-5-16(15)18/h2-12,20-21H,1H3. The second-order valence-electron chi connectivity index (χ2n) is 5.10. The van der Waals surface area contributed by atoms with E-state index in [9.17, 15) is 5.11 Å². The van der Waals surface area contributed by atoms with Crippen LogP contribution >= 0.6 is 15.9 Å². The van der Waals surface area contributed by atoms with Crippen LogP contribution in [-0.2, 0) is 0 Å². The van der Waals surface area contributed by atoms with E-state index in [0.29, 0.717) is 5.75 Å². The zero-order valence-corrected chi connectivity index (χ0v) is 13.3. The molecule has 0 aliphatic heterocycles. The molecule has 3 aromatic carbocycles. The number of fused-ring (bicyclic) bond motifs is 1. The minimum absolute atomic E-state index is 0.162. The number of phenols is 1. The first-order chi connectivity index (χ1) is 10.1. The van der Waals surface area contributed by atoms with E-state index in [1.54, 1.807) is 12.1 Å². The van der Waals surface area contributed by atoms with Gasteiger partial charge >= 0.3 is 0 Å². The van der Waals surface area contributed by atoms with Gasteiger partial charge in [0.25, 0.3) is 0 Å². The molecule has 0 aliphatic carbocycles. The van der Waals surface area contributed by atoms with Crippen LogP contribution in [0.5, 0.6) is 5.75 Å². The number of hydrogen-bond donors (Lipinski definition) is 2. The molecular weight excluding hydrogens is 326 g/mol. The molecule has 3 rings (SSSR count). The lowest BCUT2D eigenvalue weighted by Crippen LogP contribution is -2.06. The topological polar surface area (TPSA) is 32.3 Å². The smallest absolute Gasteiger partial charge is 0.115 e. The van der Waals surface area contributed by atoms with Gasteiger partial charge in [-0.15, -0.1) is 0 Å². The van der Waals surface area contributed by atoms with Crippen molar-refractivity contribution in [2.24, 2.45) is 0 Å². The third-order valence-electron chi connectivity index (χ3n) is 3.64. The number of phenolic OH excluding ortho intramolecular Hbond substituents is 1. The summed E-state index contributed by atoms with van der Waals surface area (Å²) in [5, 5.41) is 15.3. The van der Waals surface area contributed by atoms with Crippen LogP contribution in [0.15, 0.2) is 65.1 Å². The van der Waals surface area contributed by atoms with Crippen LogP contribution in [0.4, 0.5) is 5.69 Å². The molecule has 21 heavy (non-hydrogen) atoms. The summed E-state index contributed by atoms with van der Waals surface area (Å²) in [6.07, 6.45) is 0. The fourth-order valence-electron chi connectivity index (χ4n) is 2.47. The van der Waals surface area contributed by atoms with Crippen molar-refractivity contribution in [3.8, 4) is 5.75 Å². The molecule has 0 saturated carbocycles. The van der Waals surface area contributed by atoms with Crippen molar-refractivity contribution < 1.29 is 5.11 Å². The van der Waals surface area contributed by atoms with Crippen molar-refractivity contribution in [2.75, 3.05) is 5.32 Å². The first-order valence-electron chi connectivity index (χ1n) is 6.88. The fourth-order valence-corrected chi connectivity index (χ4v) is 2.95. The summed E-state index contributed by atoms with van der Waals surface area (Å²) in [5.41, 5.74) is 2.24. The van der Waals surface area contributed by atoms with Crippen LogP contribution < -0.4 is 5.32 Å². The summed E-state index contributed by atoms with van der Waals surface area (Å²) >= 11 is 3.59. The third-order valence-corrected chi connectivity index (χ3v) is 4.33. The second-order valence-corrected chi connectivity index (χ2v) is 5.95. The van der Waals surface area contributed by atoms with Crippen LogP contribution in [0.2, 0.25) is 0 Å². The normalized spacial score (nSPS) is 12.3. The Bertz CT molecular complexity index is 768. The van der Waals surface area contributed by atoms with Gasteiger partial charge in [0.05, 0.1) is 0 Å². The van der Waals surface area contributed by atoms with Gasteiger partial charge in [0.15, 0.2) is 0 Å². The molecule has 0 aromatic heterocycles. The Hall–Kier alpha value is -2.00. The molecule has 1 unspecified atom stereocenters. The molecule has 2 N–H and O–H groups in total. The lowest BCUT2D eigenvalue weighted by molar-refractivity contribution is 0.475. The lowest BCUT2D eigenvalue weighted by Gasteiger charge is -2.18. The van der Waals surface area contributed by atoms with E-state index in [1.165, 1.54) is 10.8 Å². The molecule has 0 heterocycles. The van der Waals surface area contributed by atoms with Crippen molar-refractivity contribution in [1.82, 2.24) is 0 Å². The Labute approximate surface area is 132 Å². The van der Waals surface area contributed by atoms with Gasteiger partial charge in [-0.05, 0) is 42.1 Å². The number of nitrogens with one attached hydrogen (secondary N) is 1. The summed E-state index contributed by atoms with van der Waals surface area (Å²) in [6, 6.07) is 19.9. The summed E-state index contributed by atoms with van der Waals surface area (Å²) in [5.74, 6) is 0.292. The molecular formula is C18H16BrNO. The van der Waals surface area contributed by atoms with Gasteiger partial charge in [0.1, 0.15) is 5.75 Å². The highest BCUT2D eigenvalue weighted by molar-refractivity contribution is 9.10. The Morgan fingerprint density at radius 2 is 1.57 bits per heavy atom. The van der Waals surface area contributed by atoms with E-state index in [1.807, 2.05) is 24.3 Å². The average molecular weight is 342 g/mol. The molecule has 0 saturated heterocycles. The van der Waals surface area contributed by atoms with Crippen molar-refractivity contribution in [2.45, 2.75) is 13.0 Å². The zero-order chi connectivity index (χ0) is 14.8. The molecule has 0 bridgehead atoms. The van der Waals surface area contributed by atoms with Crippen LogP contribution in [0.25, 0.3) is 10.8 Å². The number of aromatic hydroxyl groups is 1. The minimum Gasteiger partial charge on any atom is -0.508 e. The fraction of sp³-hybridized carbons (Fsp3) is 0.111. The first kappa shape index (κ1) is 14.0. The summed E-state index contributed by atoms with van der Waals surface area (Å²) in [6.45, 7) is 2.11. The quantitative estimate of drug-likeness (QED) is 0.660. The maximum atomic E-state index is 9.37. The number of halogens is 1. The van der Waals surface area contributed by atoms with Gasteiger partial charge in [0.2, 0.25) is 0 Å². The second kappa shape index (κ2) is 5.78. The van der Waals surface area contributed by atoms with Gasteiger partial charge in [-0.1, -0.05) is 52.3 Å². The number of anilines is 1. The highest BCUT2D eigenvalue weighted by atomic mass is 79.9. The van der Waals surface area contributed by atoms with Gasteiger partial charge in [-0.3, -0.25) is 0 Å². The molecule has 0 spiro atoms. The SMILES string of the molecule is CC(Nc1ccc(Br)c2ccccc12)c1ccc(O)cc1. The van der Waals surface area contributed by atoms with Crippen molar-refractivity contribution >= 4 is 32.4 Å². The van der Waals surface area contributed by atoms with E-state index >= 15 is 0 Å².